The van der Waals surface area contributed by atoms with Crippen LogP contribution in [-0.2, 0) is 22.6 Å². The average Bonchev–Trinajstić information content (AvgIpc) is 3.10. The molecule has 5 rings (SSSR count). The quantitative estimate of drug-likeness (QED) is 0.358. The Morgan fingerprint density at radius 2 is 1.79 bits per heavy atom. The summed E-state index contributed by atoms with van der Waals surface area (Å²) in [6.07, 6.45) is 1.70. The second kappa shape index (κ2) is 8.54. The third-order valence-electron chi connectivity index (χ3n) is 6.10. The van der Waals surface area contributed by atoms with Crippen molar-refractivity contribution in [3.05, 3.63) is 106 Å². The van der Waals surface area contributed by atoms with Gasteiger partial charge >= 0.3 is 0 Å². The van der Waals surface area contributed by atoms with Gasteiger partial charge < -0.3 is 14.7 Å². The Balaban J connectivity index is 1.61. The minimum atomic E-state index is -0.761. The first-order valence-corrected chi connectivity index (χ1v) is 10.9. The highest BCUT2D eigenvalue weighted by Gasteiger charge is 2.46. The largest absolute Gasteiger partial charge is 0.507 e. The summed E-state index contributed by atoms with van der Waals surface area (Å²) in [4.78, 5) is 27.7. The Hall–Kier alpha value is -3.93. The Morgan fingerprint density at radius 1 is 1.03 bits per heavy atom. The monoisotopic (exact) mass is 443 g/mol. The lowest BCUT2D eigenvalue weighted by molar-refractivity contribution is -0.140. The number of aliphatic hydroxyl groups excluding tert-OH is 1. The number of Topliss-reactive ketones (excluding diaryl/α,β-unsaturated/α-hetero) is 1. The van der Waals surface area contributed by atoms with Crippen LogP contribution in [0.3, 0.4) is 0 Å². The highest BCUT2D eigenvalue weighted by atomic mass is 19.1. The number of fused-ring (bicyclic) bond motifs is 1. The van der Waals surface area contributed by atoms with E-state index in [9.17, 15) is 19.1 Å². The Labute approximate surface area is 190 Å². The number of carbonyl (C=O) groups is 2. The summed E-state index contributed by atoms with van der Waals surface area (Å²) in [5, 5.41) is 11.3. The lowest BCUT2D eigenvalue weighted by Gasteiger charge is -2.25. The Morgan fingerprint density at radius 3 is 2.55 bits per heavy atom. The van der Waals surface area contributed by atoms with Crippen molar-refractivity contribution < 1.29 is 23.8 Å². The molecular weight excluding hydrogens is 421 g/mol. The van der Waals surface area contributed by atoms with Crippen LogP contribution in [0.25, 0.3) is 5.76 Å². The lowest BCUT2D eigenvalue weighted by Crippen LogP contribution is -2.29. The molecule has 0 saturated carbocycles. The predicted molar refractivity (Wildman–Crippen MR) is 121 cm³/mol. The standard InChI is InChI=1S/C27H22FNO4/c28-21-11-8-17(9-12-21)16-29-24(18-5-2-1-3-6-18)23(26(31)27(29)32)25(30)20-10-13-22-19(15-20)7-4-14-33-22/h1-3,5-6,8-13,15,24,30H,4,7,14,16H2/b25-23-. The van der Waals surface area contributed by atoms with E-state index in [-0.39, 0.29) is 23.7 Å². The van der Waals surface area contributed by atoms with Crippen molar-refractivity contribution >= 4 is 17.4 Å². The number of halogens is 1. The molecule has 2 aliphatic heterocycles. The van der Waals surface area contributed by atoms with E-state index in [0.717, 1.165) is 24.2 Å². The fraction of sp³-hybridized carbons (Fsp3) is 0.185. The van der Waals surface area contributed by atoms with Crippen LogP contribution in [-0.4, -0.2) is 28.3 Å². The summed E-state index contributed by atoms with van der Waals surface area (Å²) < 4.78 is 19.0. The molecule has 5 nitrogen and oxygen atoms in total. The Kier molecular flexibility index (Phi) is 5.42. The van der Waals surface area contributed by atoms with Gasteiger partial charge in [-0.15, -0.1) is 0 Å². The van der Waals surface area contributed by atoms with Crippen molar-refractivity contribution in [2.45, 2.75) is 25.4 Å². The van der Waals surface area contributed by atoms with Gasteiger partial charge in [0.15, 0.2) is 0 Å². The molecule has 3 aromatic carbocycles. The number of aliphatic hydroxyl groups is 1. The molecule has 3 aromatic rings. The highest BCUT2D eigenvalue weighted by Crippen LogP contribution is 2.41. The van der Waals surface area contributed by atoms with Gasteiger partial charge in [-0.1, -0.05) is 42.5 Å². The molecule has 6 heteroatoms. The zero-order valence-corrected chi connectivity index (χ0v) is 17.8. The van der Waals surface area contributed by atoms with Crippen LogP contribution in [0.1, 0.15) is 34.7 Å². The van der Waals surface area contributed by atoms with E-state index in [1.54, 1.807) is 24.3 Å². The molecule has 2 aliphatic rings. The van der Waals surface area contributed by atoms with Crippen molar-refractivity contribution in [3.63, 3.8) is 0 Å². The van der Waals surface area contributed by atoms with Crippen molar-refractivity contribution in [2.24, 2.45) is 0 Å². The number of rotatable bonds is 4. The van der Waals surface area contributed by atoms with Crippen LogP contribution in [0.2, 0.25) is 0 Å². The fourth-order valence-electron chi connectivity index (χ4n) is 4.47. The molecule has 0 bridgehead atoms. The molecule has 33 heavy (non-hydrogen) atoms. The van der Waals surface area contributed by atoms with Crippen LogP contribution < -0.4 is 4.74 Å². The van der Waals surface area contributed by atoms with E-state index in [2.05, 4.69) is 0 Å². The van der Waals surface area contributed by atoms with E-state index in [1.165, 1.54) is 17.0 Å². The smallest absolute Gasteiger partial charge is 0.295 e. The molecule has 1 atom stereocenters. The number of carbonyl (C=O) groups excluding carboxylic acids is 2. The first kappa shape index (κ1) is 20.9. The van der Waals surface area contributed by atoms with Gasteiger partial charge in [0.1, 0.15) is 17.3 Å². The maximum absolute atomic E-state index is 13.4. The van der Waals surface area contributed by atoms with Gasteiger partial charge in [0, 0.05) is 12.1 Å². The van der Waals surface area contributed by atoms with Crippen LogP contribution >= 0.6 is 0 Å². The second-order valence-corrected chi connectivity index (χ2v) is 8.24. The molecule has 166 valence electrons. The van der Waals surface area contributed by atoms with Gasteiger partial charge in [-0.3, -0.25) is 9.59 Å². The maximum Gasteiger partial charge on any atom is 0.295 e. The van der Waals surface area contributed by atoms with Gasteiger partial charge in [0.05, 0.1) is 18.2 Å². The number of likely N-dealkylation sites (tertiary alicyclic amines) is 1. The van der Waals surface area contributed by atoms with E-state index < -0.39 is 17.7 Å². The number of ether oxygens (including phenoxy) is 1. The lowest BCUT2D eigenvalue weighted by atomic mass is 9.94. The summed E-state index contributed by atoms with van der Waals surface area (Å²) >= 11 is 0. The van der Waals surface area contributed by atoms with Crippen molar-refractivity contribution in [3.8, 4) is 5.75 Å². The molecular formula is C27H22FNO4. The van der Waals surface area contributed by atoms with E-state index in [1.807, 2.05) is 36.4 Å². The number of hydrogen-bond acceptors (Lipinski definition) is 4. The molecule has 1 amide bonds. The normalized spacial score (nSPS) is 19.3. The van der Waals surface area contributed by atoms with Gasteiger partial charge in [-0.05, 0) is 59.9 Å². The molecule has 0 spiro atoms. The van der Waals surface area contributed by atoms with Crippen LogP contribution in [0, 0.1) is 5.82 Å². The summed E-state index contributed by atoms with van der Waals surface area (Å²) in [6, 6.07) is 19.5. The van der Waals surface area contributed by atoms with Crippen molar-refractivity contribution in [1.82, 2.24) is 4.90 Å². The molecule has 1 saturated heterocycles. The minimum Gasteiger partial charge on any atom is -0.507 e. The van der Waals surface area contributed by atoms with Gasteiger partial charge in [0.25, 0.3) is 11.7 Å². The molecule has 2 heterocycles. The predicted octanol–water partition coefficient (Wildman–Crippen LogP) is 4.77. The number of ketones is 1. The first-order chi connectivity index (χ1) is 16.0. The average molecular weight is 443 g/mol. The number of hydrogen-bond donors (Lipinski definition) is 1. The summed E-state index contributed by atoms with van der Waals surface area (Å²) in [7, 11) is 0. The first-order valence-electron chi connectivity index (χ1n) is 10.9. The van der Waals surface area contributed by atoms with E-state index in [4.69, 9.17) is 4.74 Å². The van der Waals surface area contributed by atoms with E-state index >= 15 is 0 Å². The zero-order valence-electron chi connectivity index (χ0n) is 17.8. The summed E-state index contributed by atoms with van der Waals surface area (Å²) in [5.74, 6) is -1.25. The summed E-state index contributed by atoms with van der Waals surface area (Å²) in [6.45, 7) is 0.764. The van der Waals surface area contributed by atoms with Crippen molar-refractivity contribution in [1.29, 1.82) is 0 Å². The van der Waals surface area contributed by atoms with Gasteiger partial charge in [0.2, 0.25) is 0 Å². The van der Waals surface area contributed by atoms with Crippen LogP contribution in [0.15, 0.2) is 78.4 Å². The van der Waals surface area contributed by atoms with Crippen LogP contribution in [0.5, 0.6) is 5.75 Å². The molecule has 0 radical (unpaired) electrons. The maximum atomic E-state index is 13.4. The number of aryl methyl sites for hydroxylation is 1. The second-order valence-electron chi connectivity index (χ2n) is 8.24. The molecule has 0 aromatic heterocycles. The third kappa shape index (κ3) is 3.89. The van der Waals surface area contributed by atoms with Gasteiger partial charge in [-0.25, -0.2) is 4.39 Å². The molecule has 1 unspecified atom stereocenters. The molecule has 1 N–H and O–H groups in total. The van der Waals surface area contributed by atoms with E-state index in [0.29, 0.717) is 23.3 Å². The highest BCUT2D eigenvalue weighted by molar-refractivity contribution is 6.46. The number of benzene rings is 3. The molecule has 0 aliphatic carbocycles. The zero-order chi connectivity index (χ0) is 22.9. The third-order valence-corrected chi connectivity index (χ3v) is 6.10. The molecule has 1 fully saturated rings. The number of amides is 1. The Bertz CT molecular complexity index is 1250. The van der Waals surface area contributed by atoms with Crippen molar-refractivity contribution in [2.75, 3.05) is 6.61 Å². The number of nitrogens with zero attached hydrogens (tertiary/aromatic N) is 1. The van der Waals surface area contributed by atoms with Crippen LogP contribution in [0.4, 0.5) is 4.39 Å². The van der Waals surface area contributed by atoms with Gasteiger partial charge in [-0.2, -0.15) is 0 Å². The summed E-state index contributed by atoms with van der Waals surface area (Å²) in [5.41, 5.74) is 2.87. The topological polar surface area (TPSA) is 66.8 Å². The fourth-order valence-corrected chi connectivity index (χ4v) is 4.47. The SMILES string of the molecule is O=C1C(=O)N(Cc2ccc(F)cc2)C(c2ccccc2)/C1=C(/O)c1ccc2c(c1)CCCO2. The minimum absolute atomic E-state index is 0.0463.